The van der Waals surface area contributed by atoms with E-state index in [0.717, 1.165) is 37.2 Å². The van der Waals surface area contributed by atoms with Crippen LogP contribution in [0.2, 0.25) is 0 Å². The summed E-state index contributed by atoms with van der Waals surface area (Å²) in [6.07, 6.45) is 3.83. The van der Waals surface area contributed by atoms with E-state index in [1.54, 1.807) is 0 Å². The van der Waals surface area contributed by atoms with Gasteiger partial charge in [-0.15, -0.1) is 0 Å². The molecule has 0 saturated carbocycles. The van der Waals surface area contributed by atoms with Crippen molar-refractivity contribution >= 4 is 6.09 Å². The number of nitrogens with zero attached hydrogens (tertiary/aromatic N) is 1. The van der Waals surface area contributed by atoms with E-state index in [-0.39, 0.29) is 12.2 Å². The molecule has 0 spiro atoms. The van der Waals surface area contributed by atoms with Gasteiger partial charge in [0.1, 0.15) is 12.4 Å². The van der Waals surface area contributed by atoms with Crippen LogP contribution in [-0.4, -0.2) is 63.0 Å². The van der Waals surface area contributed by atoms with Crippen LogP contribution in [0, 0.1) is 6.92 Å². The number of para-hydroxylation sites is 1. The Morgan fingerprint density at radius 1 is 1.22 bits per heavy atom. The van der Waals surface area contributed by atoms with Gasteiger partial charge in [-0.05, 0) is 51.9 Å². The third kappa shape index (κ3) is 8.63. The Bertz CT molecular complexity index is 567. The van der Waals surface area contributed by atoms with Crippen molar-refractivity contribution in [3.63, 3.8) is 0 Å². The van der Waals surface area contributed by atoms with Crippen molar-refractivity contribution in [3.8, 4) is 5.75 Å². The molecule has 0 aliphatic carbocycles. The highest BCUT2D eigenvalue weighted by Gasteiger charge is 2.32. The number of rotatable bonds is 13. The summed E-state index contributed by atoms with van der Waals surface area (Å²) in [4.78, 5) is 14.4. The first-order valence-electron chi connectivity index (χ1n) is 10.1. The number of aryl methyl sites for hydroxylation is 1. The Balaban J connectivity index is 1.69. The average molecular weight is 378 g/mol. The third-order valence-electron chi connectivity index (χ3n) is 4.84. The normalized spacial score (nSPS) is 19.4. The third-order valence-corrected chi connectivity index (χ3v) is 4.84. The molecule has 6 heteroatoms. The standard InChI is InChI=1S/C21H35N3O3/c1-17-10-6-7-11-20(17)26-16-19(15-24-14-18(24)2)27-21(25)23-13-9-5-4-8-12-22-3/h6-7,10-11,18-19,22H,4-5,8-9,12-16H2,1-3H3,(H,23,25). The van der Waals surface area contributed by atoms with Crippen LogP contribution in [0.5, 0.6) is 5.75 Å². The van der Waals surface area contributed by atoms with Crippen LogP contribution < -0.4 is 15.4 Å². The predicted octanol–water partition coefficient (Wildman–Crippen LogP) is 2.95. The summed E-state index contributed by atoms with van der Waals surface area (Å²) < 4.78 is 11.5. The van der Waals surface area contributed by atoms with Gasteiger partial charge in [0.05, 0.1) is 0 Å². The topological polar surface area (TPSA) is 62.6 Å². The van der Waals surface area contributed by atoms with E-state index in [0.29, 0.717) is 25.7 Å². The summed E-state index contributed by atoms with van der Waals surface area (Å²) in [5.74, 6) is 0.840. The van der Waals surface area contributed by atoms with Crippen molar-refractivity contribution < 1.29 is 14.3 Å². The molecule has 1 aliphatic heterocycles. The number of hydrogen-bond donors (Lipinski definition) is 2. The number of benzene rings is 1. The Morgan fingerprint density at radius 3 is 2.59 bits per heavy atom. The van der Waals surface area contributed by atoms with E-state index in [2.05, 4.69) is 22.5 Å². The van der Waals surface area contributed by atoms with E-state index in [9.17, 15) is 4.79 Å². The highest BCUT2D eigenvalue weighted by molar-refractivity contribution is 5.67. The maximum absolute atomic E-state index is 12.1. The number of ether oxygens (including phenoxy) is 2. The summed E-state index contributed by atoms with van der Waals surface area (Å²) in [7, 11) is 1.97. The second kappa shape index (κ2) is 11.8. The SMILES string of the molecule is CNCCCCCCNC(=O)OC(COc1ccccc1C)CN1CC1C. The maximum Gasteiger partial charge on any atom is 0.407 e. The minimum Gasteiger partial charge on any atom is -0.489 e. The zero-order chi connectivity index (χ0) is 19.5. The Hall–Kier alpha value is -1.79. The van der Waals surface area contributed by atoms with Crippen LogP contribution in [-0.2, 0) is 4.74 Å². The first kappa shape index (κ1) is 21.5. The summed E-state index contributed by atoms with van der Waals surface area (Å²) in [5, 5.41) is 6.01. The first-order chi connectivity index (χ1) is 13.1. The van der Waals surface area contributed by atoms with Gasteiger partial charge >= 0.3 is 6.09 Å². The maximum atomic E-state index is 12.1. The van der Waals surface area contributed by atoms with Crippen LogP contribution in [0.3, 0.4) is 0 Å². The molecular weight excluding hydrogens is 342 g/mol. The minimum atomic E-state index is -0.349. The lowest BCUT2D eigenvalue weighted by Gasteiger charge is -2.20. The van der Waals surface area contributed by atoms with Gasteiger partial charge in [-0.2, -0.15) is 0 Å². The zero-order valence-corrected chi connectivity index (χ0v) is 17.0. The first-order valence-corrected chi connectivity index (χ1v) is 10.1. The lowest BCUT2D eigenvalue weighted by atomic mass is 10.2. The molecule has 1 aliphatic rings. The van der Waals surface area contributed by atoms with Gasteiger partial charge in [-0.1, -0.05) is 31.0 Å². The van der Waals surface area contributed by atoms with Crippen molar-refractivity contribution in [1.82, 2.24) is 15.5 Å². The smallest absolute Gasteiger partial charge is 0.407 e. The fourth-order valence-corrected chi connectivity index (χ4v) is 3.00. The number of amides is 1. The van der Waals surface area contributed by atoms with E-state index in [1.165, 1.54) is 12.8 Å². The fraction of sp³-hybridized carbons (Fsp3) is 0.667. The molecule has 1 heterocycles. The fourth-order valence-electron chi connectivity index (χ4n) is 3.00. The molecule has 152 valence electrons. The summed E-state index contributed by atoms with van der Waals surface area (Å²) in [6.45, 7) is 8.03. The average Bonchev–Trinajstić information content (AvgIpc) is 3.34. The molecule has 1 aromatic carbocycles. The molecule has 0 radical (unpaired) electrons. The van der Waals surface area contributed by atoms with Crippen molar-refractivity contribution in [2.75, 3.05) is 39.8 Å². The van der Waals surface area contributed by atoms with Gasteiger partial charge in [-0.3, -0.25) is 4.90 Å². The molecule has 2 N–H and O–H groups in total. The van der Waals surface area contributed by atoms with Gasteiger partial charge in [-0.25, -0.2) is 4.79 Å². The van der Waals surface area contributed by atoms with Gasteiger partial charge in [0.25, 0.3) is 0 Å². The van der Waals surface area contributed by atoms with Gasteiger partial charge in [0.2, 0.25) is 0 Å². The van der Waals surface area contributed by atoms with Gasteiger partial charge in [0.15, 0.2) is 6.10 Å². The molecule has 1 fully saturated rings. The van der Waals surface area contributed by atoms with Crippen LogP contribution in [0.4, 0.5) is 4.79 Å². The molecule has 2 rings (SSSR count). The number of hydrogen-bond acceptors (Lipinski definition) is 5. The molecule has 0 aromatic heterocycles. The highest BCUT2D eigenvalue weighted by Crippen LogP contribution is 2.19. The summed E-state index contributed by atoms with van der Waals surface area (Å²) >= 11 is 0. The van der Waals surface area contributed by atoms with Crippen molar-refractivity contribution in [2.24, 2.45) is 0 Å². The second-order valence-corrected chi connectivity index (χ2v) is 7.35. The highest BCUT2D eigenvalue weighted by atomic mass is 16.6. The van der Waals surface area contributed by atoms with E-state index in [1.807, 2.05) is 38.2 Å². The number of nitrogens with one attached hydrogen (secondary N) is 2. The van der Waals surface area contributed by atoms with E-state index >= 15 is 0 Å². The second-order valence-electron chi connectivity index (χ2n) is 7.35. The number of alkyl carbamates (subject to hydrolysis) is 1. The van der Waals surface area contributed by atoms with Gasteiger partial charge in [0, 0.05) is 25.7 Å². The molecule has 3 atom stereocenters. The van der Waals surface area contributed by atoms with Crippen molar-refractivity contribution in [3.05, 3.63) is 29.8 Å². The lowest BCUT2D eigenvalue weighted by Crippen LogP contribution is -2.37. The molecule has 1 amide bonds. The van der Waals surface area contributed by atoms with Gasteiger partial charge < -0.3 is 20.1 Å². The van der Waals surface area contributed by atoms with Crippen LogP contribution in [0.15, 0.2) is 24.3 Å². The Morgan fingerprint density at radius 2 is 1.93 bits per heavy atom. The zero-order valence-electron chi connectivity index (χ0n) is 17.0. The number of carbonyl (C=O) groups excluding carboxylic acids is 1. The molecule has 6 nitrogen and oxygen atoms in total. The van der Waals surface area contributed by atoms with Crippen molar-refractivity contribution in [2.45, 2.75) is 51.7 Å². The van der Waals surface area contributed by atoms with Crippen LogP contribution >= 0.6 is 0 Å². The number of carbonyl (C=O) groups is 1. The molecular formula is C21H35N3O3. The quantitative estimate of drug-likeness (QED) is 0.409. The lowest BCUT2D eigenvalue weighted by molar-refractivity contribution is 0.0557. The molecule has 3 unspecified atom stereocenters. The Labute approximate surface area is 163 Å². The molecule has 0 bridgehead atoms. The minimum absolute atomic E-state index is 0.273. The Kier molecular flexibility index (Phi) is 9.42. The van der Waals surface area contributed by atoms with Crippen molar-refractivity contribution in [1.29, 1.82) is 0 Å². The van der Waals surface area contributed by atoms with E-state index < -0.39 is 0 Å². The molecule has 27 heavy (non-hydrogen) atoms. The summed E-state index contributed by atoms with van der Waals surface area (Å²) in [6, 6.07) is 8.46. The molecule has 1 aromatic rings. The van der Waals surface area contributed by atoms with Crippen LogP contribution in [0.1, 0.15) is 38.2 Å². The predicted molar refractivity (Wildman–Crippen MR) is 108 cm³/mol. The monoisotopic (exact) mass is 377 g/mol. The number of unbranched alkanes of at least 4 members (excludes halogenated alkanes) is 3. The summed E-state index contributed by atoms with van der Waals surface area (Å²) in [5.41, 5.74) is 1.08. The molecule has 1 saturated heterocycles. The van der Waals surface area contributed by atoms with Crippen LogP contribution in [0.25, 0.3) is 0 Å². The largest absolute Gasteiger partial charge is 0.489 e. The van der Waals surface area contributed by atoms with E-state index in [4.69, 9.17) is 9.47 Å².